The van der Waals surface area contributed by atoms with E-state index in [1.54, 1.807) is 0 Å². The van der Waals surface area contributed by atoms with E-state index in [1.807, 2.05) is 58.4 Å². The third-order valence-electron chi connectivity index (χ3n) is 3.84. The molecule has 0 saturated heterocycles. The molecular formula is C22H24S5. The largest absolute Gasteiger partial charge is 0.144 e. The molecule has 0 aliphatic carbocycles. The van der Waals surface area contributed by atoms with Crippen LogP contribution in [0.4, 0.5) is 0 Å². The molecule has 2 aromatic carbocycles. The second-order valence-corrected chi connectivity index (χ2v) is 11.9. The predicted molar refractivity (Wildman–Crippen MR) is 130 cm³/mol. The molecule has 0 N–H and O–H groups in total. The van der Waals surface area contributed by atoms with Crippen LogP contribution in [0, 0.1) is 13.8 Å². The first kappa shape index (κ1) is 21.3. The van der Waals surface area contributed by atoms with Crippen molar-refractivity contribution in [3.05, 3.63) is 70.4 Å². The molecule has 0 fully saturated rings. The lowest BCUT2D eigenvalue weighted by Crippen LogP contribution is -1.88. The third kappa shape index (κ3) is 6.82. The maximum atomic E-state index is 2.27. The van der Waals surface area contributed by atoms with Gasteiger partial charge >= 0.3 is 0 Å². The van der Waals surface area contributed by atoms with Gasteiger partial charge in [0, 0.05) is 52.3 Å². The summed E-state index contributed by atoms with van der Waals surface area (Å²) in [6.07, 6.45) is 0. The first-order valence-corrected chi connectivity index (χ1v) is 13.7. The molecule has 1 aromatic heterocycles. The number of benzene rings is 2. The fourth-order valence-electron chi connectivity index (χ4n) is 2.62. The average Bonchev–Trinajstić information content (AvgIpc) is 2.97. The molecular weight excluding hydrogens is 425 g/mol. The van der Waals surface area contributed by atoms with Crippen molar-refractivity contribution in [3.8, 4) is 0 Å². The molecule has 142 valence electrons. The Morgan fingerprint density at radius 2 is 0.926 bits per heavy atom. The molecule has 0 amide bonds. The van der Waals surface area contributed by atoms with Gasteiger partial charge in [-0.15, -0.1) is 58.4 Å². The number of aryl methyl sites for hydroxylation is 2. The molecule has 0 bridgehead atoms. The minimum absolute atomic E-state index is 1.15. The summed E-state index contributed by atoms with van der Waals surface area (Å²) in [6, 6.07) is 21.4. The molecule has 27 heavy (non-hydrogen) atoms. The first-order valence-electron chi connectivity index (χ1n) is 8.95. The van der Waals surface area contributed by atoms with E-state index in [4.69, 9.17) is 0 Å². The maximum absolute atomic E-state index is 2.27. The number of rotatable bonds is 10. The lowest BCUT2D eigenvalue weighted by atomic mass is 10.4. The van der Waals surface area contributed by atoms with Gasteiger partial charge < -0.3 is 0 Å². The quantitative estimate of drug-likeness (QED) is 0.227. The van der Waals surface area contributed by atoms with Gasteiger partial charge in [0.05, 0.1) is 0 Å². The minimum atomic E-state index is 1.15. The smallest absolute Gasteiger partial charge is 0.0348 e. The van der Waals surface area contributed by atoms with E-state index in [9.17, 15) is 0 Å². The topological polar surface area (TPSA) is 0 Å². The Morgan fingerprint density at radius 1 is 0.556 bits per heavy atom. The van der Waals surface area contributed by atoms with Gasteiger partial charge in [-0.2, -0.15) is 0 Å². The zero-order chi connectivity index (χ0) is 18.9. The second kappa shape index (κ2) is 11.5. The highest BCUT2D eigenvalue weighted by Gasteiger charge is 2.14. The Morgan fingerprint density at radius 3 is 1.33 bits per heavy atom. The van der Waals surface area contributed by atoms with Crippen LogP contribution in [0.1, 0.15) is 9.75 Å². The summed E-state index contributed by atoms with van der Waals surface area (Å²) in [6.45, 7) is 4.54. The molecule has 0 aliphatic heterocycles. The lowest BCUT2D eigenvalue weighted by molar-refractivity contribution is 1.22. The molecule has 0 spiro atoms. The van der Waals surface area contributed by atoms with Crippen molar-refractivity contribution in [2.24, 2.45) is 0 Å². The van der Waals surface area contributed by atoms with Gasteiger partial charge in [-0.3, -0.25) is 0 Å². The van der Waals surface area contributed by atoms with Crippen molar-refractivity contribution < 1.29 is 0 Å². The van der Waals surface area contributed by atoms with Crippen LogP contribution in [-0.4, -0.2) is 23.0 Å². The number of hydrogen-bond acceptors (Lipinski definition) is 5. The van der Waals surface area contributed by atoms with Crippen molar-refractivity contribution in [1.82, 2.24) is 0 Å². The van der Waals surface area contributed by atoms with Gasteiger partial charge in [-0.1, -0.05) is 36.4 Å². The van der Waals surface area contributed by atoms with Gasteiger partial charge in [-0.05, 0) is 38.1 Å². The van der Waals surface area contributed by atoms with Crippen LogP contribution in [0.2, 0.25) is 0 Å². The lowest BCUT2D eigenvalue weighted by Gasteiger charge is -2.07. The van der Waals surface area contributed by atoms with Crippen LogP contribution in [0.15, 0.2) is 80.2 Å². The molecule has 3 rings (SSSR count). The normalized spacial score (nSPS) is 11.0. The summed E-state index contributed by atoms with van der Waals surface area (Å²) in [5.74, 6) is 4.61. The highest BCUT2D eigenvalue weighted by atomic mass is 32.2. The summed E-state index contributed by atoms with van der Waals surface area (Å²) >= 11 is 9.91. The fourth-order valence-corrected chi connectivity index (χ4v) is 8.44. The van der Waals surface area contributed by atoms with E-state index in [0.717, 1.165) is 23.0 Å². The van der Waals surface area contributed by atoms with Crippen molar-refractivity contribution >= 4 is 58.4 Å². The average molecular weight is 449 g/mol. The van der Waals surface area contributed by atoms with Crippen LogP contribution in [-0.2, 0) is 0 Å². The van der Waals surface area contributed by atoms with E-state index >= 15 is 0 Å². The van der Waals surface area contributed by atoms with Gasteiger partial charge in [0.1, 0.15) is 0 Å². The number of hydrogen-bond donors (Lipinski definition) is 0. The van der Waals surface area contributed by atoms with E-state index < -0.39 is 0 Å². The maximum Gasteiger partial charge on any atom is 0.0348 e. The SMILES string of the molecule is Cc1sc(C)c(SCCSc2ccccc2)c1SCCSc1ccccc1. The Labute approximate surface area is 184 Å². The zero-order valence-electron chi connectivity index (χ0n) is 15.6. The zero-order valence-corrected chi connectivity index (χ0v) is 19.7. The molecule has 1 heterocycles. The van der Waals surface area contributed by atoms with Crippen LogP contribution in [0.3, 0.4) is 0 Å². The highest BCUT2D eigenvalue weighted by Crippen LogP contribution is 2.42. The first-order chi connectivity index (χ1) is 13.2. The predicted octanol–water partition coefficient (Wildman–Crippen LogP) is 8.13. The summed E-state index contributed by atoms with van der Waals surface area (Å²) in [7, 11) is 0. The number of thioether (sulfide) groups is 4. The summed E-state index contributed by atoms with van der Waals surface area (Å²) in [4.78, 5) is 8.70. The van der Waals surface area contributed by atoms with Crippen LogP contribution in [0.25, 0.3) is 0 Å². The molecule has 0 radical (unpaired) electrons. The standard InChI is InChI=1S/C22H24S5/c1-17-21(25-15-13-23-19-9-5-3-6-10-19)22(18(2)27-17)26-16-14-24-20-11-7-4-8-12-20/h3-12H,13-16H2,1-2H3. The van der Waals surface area contributed by atoms with E-state index in [2.05, 4.69) is 74.5 Å². The molecule has 0 saturated carbocycles. The summed E-state index contributed by atoms with van der Waals surface area (Å²) < 4.78 is 0. The van der Waals surface area contributed by atoms with E-state index in [-0.39, 0.29) is 0 Å². The van der Waals surface area contributed by atoms with Gasteiger partial charge in [-0.25, -0.2) is 0 Å². The molecule has 3 aromatic rings. The fraction of sp³-hybridized carbons (Fsp3) is 0.273. The Hall–Kier alpha value is -0.460. The van der Waals surface area contributed by atoms with Gasteiger partial charge in [0.2, 0.25) is 0 Å². The van der Waals surface area contributed by atoms with Gasteiger partial charge in [0.15, 0.2) is 0 Å². The molecule has 5 heteroatoms. The molecule has 0 aliphatic rings. The second-order valence-electron chi connectivity index (χ2n) is 5.89. The van der Waals surface area contributed by atoms with E-state index in [1.165, 1.54) is 29.3 Å². The molecule has 0 unspecified atom stereocenters. The van der Waals surface area contributed by atoms with Crippen molar-refractivity contribution in [2.75, 3.05) is 23.0 Å². The third-order valence-corrected chi connectivity index (χ3v) is 10.2. The van der Waals surface area contributed by atoms with Crippen LogP contribution >= 0.6 is 58.4 Å². The monoisotopic (exact) mass is 448 g/mol. The highest BCUT2D eigenvalue weighted by molar-refractivity contribution is 8.05. The van der Waals surface area contributed by atoms with Crippen molar-refractivity contribution in [3.63, 3.8) is 0 Å². The van der Waals surface area contributed by atoms with E-state index in [0.29, 0.717) is 0 Å². The molecule has 0 atom stereocenters. The Bertz CT molecular complexity index is 743. The number of thiophene rings is 1. The molecule has 0 nitrogen and oxygen atoms in total. The summed E-state index contributed by atoms with van der Waals surface area (Å²) in [5, 5.41) is 0. The Balaban J connectivity index is 1.47. The Kier molecular flexibility index (Phi) is 9.07. The van der Waals surface area contributed by atoms with Crippen LogP contribution in [0.5, 0.6) is 0 Å². The van der Waals surface area contributed by atoms with Crippen molar-refractivity contribution in [2.45, 2.75) is 33.4 Å². The van der Waals surface area contributed by atoms with Crippen LogP contribution < -0.4 is 0 Å². The summed E-state index contributed by atoms with van der Waals surface area (Å²) in [5.41, 5.74) is 0. The minimum Gasteiger partial charge on any atom is -0.144 e. The van der Waals surface area contributed by atoms with Crippen molar-refractivity contribution in [1.29, 1.82) is 0 Å². The van der Waals surface area contributed by atoms with Gasteiger partial charge in [0.25, 0.3) is 0 Å².